The largest absolute Gasteiger partial charge is 0.508 e. The van der Waals surface area contributed by atoms with Crippen molar-refractivity contribution in [2.75, 3.05) is 7.05 Å². The molecule has 0 atom stereocenters. The first-order valence-electron chi connectivity index (χ1n) is 5.15. The second-order valence-corrected chi connectivity index (χ2v) is 3.67. The molecule has 0 saturated heterocycles. The van der Waals surface area contributed by atoms with Gasteiger partial charge in [0.1, 0.15) is 5.75 Å². The molecule has 0 heterocycles. The van der Waals surface area contributed by atoms with E-state index in [0.717, 1.165) is 12.0 Å². The van der Waals surface area contributed by atoms with E-state index in [2.05, 4.69) is 0 Å². The molecule has 0 saturated carbocycles. The van der Waals surface area contributed by atoms with E-state index in [1.165, 1.54) is 0 Å². The number of nitrogens with zero attached hydrogens (tertiary/aromatic N) is 1. The third-order valence-electron chi connectivity index (χ3n) is 2.22. The number of phenolic OH excluding ortho intramolecular Hbond substituents is 1. The van der Waals surface area contributed by atoms with Gasteiger partial charge in [-0.25, -0.2) is 0 Å². The standard InChI is InChI=1S/C12H17NO2/c1-3-5-12(15)13(2)9-10-6-4-7-11(14)8-10/h4,6-8,14H,3,5,9H2,1-2H3. The highest BCUT2D eigenvalue weighted by atomic mass is 16.3. The number of hydrogen-bond donors (Lipinski definition) is 1. The van der Waals surface area contributed by atoms with Gasteiger partial charge in [0.25, 0.3) is 0 Å². The van der Waals surface area contributed by atoms with Gasteiger partial charge in [-0.15, -0.1) is 0 Å². The quantitative estimate of drug-likeness (QED) is 0.821. The molecule has 0 bridgehead atoms. The molecule has 0 spiro atoms. The van der Waals surface area contributed by atoms with Gasteiger partial charge < -0.3 is 10.0 Å². The molecule has 82 valence electrons. The second kappa shape index (κ2) is 5.39. The summed E-state index contributed by atoms with van der Waals surface area (Å²) in [4.78, 5) is 13.2. The minimum atomic E-state index is 0.140. The summed E-state index contributed by atoms with van der Waals surface area (Å²) in [6.07, 6.45) is 1.44. The first-order chi connectivity index (χ1) is 7.13. The lowest BCUT2D eigenvalue weighted by Crippen LogP contribution is -2.25. The molecule has 0 aliphatic rings. The lowest BCUT2D eigenvalue weighted by atomic mass is 10.2. The fourth-order valence-electron chi connectivity index (χ4n) is 1.42. The van der Waals surface area contributed by atoms with E-state index in [1.54, 1.807) is 30.1 Å². The topological polar surface area (TPSA) is 40.5 Å². The Balaban J connectivity index is 2.58. The Labute approximate surface area is 90.3 Å². The van der Waals surface area contributed by atoms with Gasteiger partial charge >= 0.3 is 0 Å². The maximum absolute atomic E-state index is 11.5. The molecule has 0 fully saturated rings. The average Bonchev–Trinajstić information content (AvgIpc) is 2.18. The van der Waals surface area contributed by atoms with Gasteiger partial charge in [-0.3, -0.25) is 4.79 Å². The van der Waals surface area contributed by atoms with Crippen molar-refractivity contribution in [1.29, 1.82) is 0 Å². The number of carbonyl (C=O) groups excluding carboxylic acids is 1. The van der Waals surface area contributed by atoms with Crippen LogP contribution in [-0.2, 0) is 11.3 Å². The summed E-state index contributed by atoms with van der Waals surface area (Å²) >= 11 is 0. The van der Waals surface area contributed by atoms with Crippen LogP contribution in [0.5, 0.6) is 5.75 Å². The Morgan fingerprint density at radius 3 is 2.80 bits per heavy atom. The molecule has 0 aliphatic carbocycles. The first-order valence-corrected chi connectivity index (χ1v) is 5.15. The number of phenols is 1. The summed E-state index contributed by atoms with van der Waals surface area (Å²) in [5.74, 6) is 0.379. The van der Waals surface area contributed by atoms with Crippen LogP contribution in [0.2, 0.25) is 0 Å². The van der Waals surface area contributed by atoms with Crippen molar-refractivity contribution in [2.45, 2.75) is 26.3 Å². The molecule has 1 aromatic rings. The Hall–Kier alpha value is -1.51. The lowest BCUT2D eigenvalue weighted by Gasteiger charge is -2.16. The van der Waals surface area contributed by atoms with Gasteiger partial charge in [0.15, 0.2) is 0 Å². The van der Waals surface area contributed by atoms with Gasteiger partial charge in [-0.2, -0.15) is 0 Å². The zero-order valence-electron chi connectivity index (χ0n) is 9.23. The summed E-state index contributed by atoms with van der Waals surface area (Å²) < 4.78 is 0. The van der Waals surface area contributed by atoms with Crippen molar-refractivity contribution in [3.8, 4) is 5.75 Å². The smallest absolute Gasteiger partial charge is 0.222 e. The highest BCUT2D eigenvalue weighted by Gasteiger charge is 2.07. The lowest BCUT2D eigenvalue weighted by molar-refractivity contribution is -0.130. The van der Waals surface area contributed by atoms with E-state index in [0.29, 0.717) is 13.0 Å². The van der Waals surface area contributed by atoms with Crippen LogP contribution in [0.1, 0.15) is 25.3 Å². The molecule has 1 amide bonds. The van der Waals surface area contributed by atoms with Crippen LogP contribution >= 0.6 is 0 Å². The first kappa shape index (κ1) is 11.6. The van der Waals surface area contributed by atoms with Crippen molar-refractivity contribution in [1.82, 2.24) is 4.90 Å². The van der Waals surface area contributed by atoms with Crippen LogP contribution in [0.25, 0.3) is 0 Å². The maximum Gasteiger partial charge on any atom is 0.222 e. The van der Waals surface area contributed by atoms with Crippen molar-refractivity contribution >= 4 is 5.91 Å². The van der Waals surface area contributed by atoms with Gasteiger partial charge in [0, 0.05) is 20.0 Å². The zero-order valence-corrected chi connectivity index (χ0v) is 9.23. The highest BCUT2D eigenvalue weighted by Crippen LogP contribution is 2.12. The van der Waals surface area contributed by atoms with Crippen molar-refractivity contribution < 1.29 is 9.90 Å². The summed E-state index contributed by atoms with van der Waals surface area (Å²) in [5, 5.41) is 9.26. The molecule has 15 heavy (non-hydrogen) atoms. The predicted octanol–water partition coefficient (Wildman–Crippen LogP) is 2.15. The van der Waals surface area contributed by atoms with Crippen LogP contribution in [-0.4, -0.2) is 23.0 Å². The van der Waals surface area contributed by atoms with Crippen molar-refractivity contribution in [2.24, 2.45) is 0 Å². The van der Waals surface area contributed by atoms with Crippen LogP contribution in [0, 0.1) is 0 Å². The average molecular weight is 207 g/mol. The van der Waals surface area contributed by atoms with Gasteiger partial charge in [0.05, 0.1) is 0 Å². The third-order valence-corrected chi connectivity index (χ3v) is 2.22. The maximum atomic E-state index is 11.5. The molecular formula is C12H17NO2. The molecule has 0 radical (unpaired) electrons. The second-order valence-electron chi connectivity index (χ2n) is 3.67. The van der Waals surface area contributed by atoms with E-state index in [9.17, 15) is 9.90 Å². The molecule has 1 N–H and O–H groups in total. The minimum Gasteiger partial charge on any atom is -0.508 e. The molecule has 1 rings (SSSR count). The fraction of sp³-hybridized carbons (Fsp3) is 0.417. The Morgan fingerprint density at radius 2 is 2.20 bits per heavy atom. The summed E-state index contributed by atoms with van der Waals surface area (Å²) in [6, 6.07) is 6.98. The number of rotatable bonds is 4. The molecule has 1 aromatic carbocycles. The normalized spacial score (nSPS) is 10.0. The predicted molar refractivity (Wildman–Crippen MR) is 59.5 cm³/mol. The molecule has 0 aliphatic heterocycles. The third kappa shape index (κ3) is 3.62. The van der Waals surface area contributed by atoms with Crippen LogP contribution in [0.15, 0.2) is 24.3 Å². The fourth-order valence-corrected chi connectivity index (χ4v) is 1.42. The highest BCUT2D eigenvalue weighted by molar-refractivity contribution is 5.75. The van der Waals surface area contributed by atoms with Crippen molar-refractivity contribution in [3.63, 3.8) is 0 Å². The van der Waals surface area contributed by atoms with E-state index < -0.39 is 0 Å². The summed E-state index contributed by atoms with van der Waals surface area (Å²) in [7, 11) is 1.78. The Morgan fingerprint density at radius 1 is 1.47 bits per heavy atom. The van der Waals surface area contributed by atoms with E-state index in [1.807, 2.05) is 13.0 Å². The van der Waals surface area contributed by atoms with Gasteiger partial charge in [-0.05, 0) is 24.1 Å². The van der Waals surface area contributed by atoms with Crippen LogP contribution in [0.3, 0.4) is 0 Å². The monoisotopic (exact) mass is 207 g/mol. The zero-order chi connectivity index (χ0) is 11.3. The van der Waals surface area contributed by atoms with Crippen molar-refractivity contribution in [3.05, 3.63) is 29.8 Å². The van der Waals surface area contributed by atoms with Crippen LogP contribution in [0.4, 0.5) is 0 Å². The number of aromatic hydroxyl groups is 1. The number of amides is 1. The minimum absolute atomic E-state index is 0.140. The molecule has 3 nitrogen and oxygen atoms in total. The van der Waals surface area contributed by atoms with Crippen LogP contribution < -0.4 is 0 Å². The molecule has 0 aromatic heterocycles. The van der Waals surface area contributed by atoms with E-state index in [4.69, 9.17) is 0 Å². The summed E-state index contributed by atoms with van der Waals surface area (Å²) in [5.41, 5.74) is 0.946. The number of hydrogen-bond acceptors (Lipinski definition) is 2. The van der Waals surface area contributed by atoms with E-state index in [-0.39, 0.29) is 11.7 Å². The summed E-state index contributed by atoms with van der Waals surface area (Å²) in [6.45, 7) is 2.54. The van der Waals surface area contributed by atoms with E-state index >= 15 is 0 Å². The van der Waals surface area contributed by atoms with Gasteiger partial charge in [0.2, 0.25) is 5.91 Å². The molecule has 0 unspecified atom stereocenters. The molecule has 3 heteroatoms. The number of carbonyl (C=O) groups is 1. The number of benzene rings is 1. The van der Waals surface area contributed by atoms with Gasteiger partial charge in [-0.1, -0.05) is 19.1 Å². The SMILES string of the molecule is CCCC(=O)N(C)Cc1cccc(O)c1. The Bertz CT molecular complexity index is 336. The molecular weight excluding hydrogens is 190 g/mol. The Kier molecular flexibility index (Phi) is 4.16.